The van der Waals surface area contributed by atoms with E-state index in [0.29, 0.717) is 0 Å². The fourth-order valence-electron chi connectivity index (χ4n) is 1.88. The third-order valence-corrected chi connectivity index (χ3v) is 2.79. The van der Waals surface area contributed by atoms with Crippen molar-refractivity contribution in [2.75, 3.05) is 20.8 Å². The molecule has 0 amide bonds. The quantitative estimate of drug-likeness (QED) is 0.621. The molecule has 4 heteroatoms. The van der Waals surface area contributed by atoms with Crippen molar-refractivity contribution in [3.63, 3.8) is 0 Å². The number of rotatable bonds is 1. The molecule has 4 nitrogen and oxygen atoms in total. The van der Waals surface area contributed by atoms with Crippen molar-refractivity contribution in [2.24, 2.45) is 0 Å². The van der Waals surface area contributed by atoms with E-state index >= 15 is 0 Å². The fraction of sp³-hybridized carbons (Fsp3) is 0.500. The molecule has 1 atom stereocenters. The van der Waals surface area contributed by atoms with Gasteiger partial charge in [0.25, 0.3) is 0 Å². The number of quaternary nitrogens is 1. The van der Waals surface area contributed by atoms with Gasteiger partial charge in [0.05, 0.1) is 24.6 Å². The van der Waals surface area contributed by atoms with Gasteiger partial charge in [-0.3, -0.25) is 0 Å². The molecule has 0 fully saturated rings. The highest BCUT2D eigenvalue weighted by molar-refractivity contribution is 5.11. The Morgan fingerprint density at radius 2 is 2.14 bits per heavy atom. The summed E-state index contributed by atoms with van der Waals surface area (Å²) >= 11 is 0. The van der Waals surface area contributed by atoms with Gasteiger partial charge >= 0.3 is 0 Å². The first kappa shape index (κ1) is 9.27. The van der Waals surface area contributed by atoms with Crippen LogP contribution in [0.25, 0.3) is 0 Å². The second-order valence-corrected chi connectivity index (χ2v) is 4.22. The molecule has 1 aliphatic heterocycles. The zero-order valence-corrected chi connectivity index (χ0v) is 9.23. The number of imidazole rings is 1. The number of allylic oxidation sites excluding steroid dienone is 1. The Morgan fingerprint density at radius 1 is 1.43 bits per heavy atom. The van der Waals surface area contributed by atoms with Crippen LogP contribution in [0, 0.1) is 6.92 Å². The van der Waals surface area contributed by atoms with Crippen molar-refractivity contribution < 1.29 is 0 Å². The summed E-state index contributed by atoms with van der Waals surface area (Å²) in [6, 6.07) is 0. The summed E-state index contributed by atoms with van der Waals surface area (Å²) < 4.78 is 2.88. The van der Waals surface area contributed by atoms with Gasteiger partial charge in [-0.1, -0.05) is 0 Å². The molecular weight excluding hydrogens is 176 g/mol. The van der Waals surface area contributed by atoms with Crippen LogP contribution in [0.2, 0.25) is 0 Å². The number of nitrogens with zero attached hydrogens (tertiary/aromatic N) is 4. The zero-order valence-electron chi connectivity index (χ0n) is 9.23. The topological polar surface area (TPSA) is 21.1 Å². The summed E-state index contributed by atoms with van der Waals surface area (Å²) in [5.74, 6) is 0. The molecule has 14 heavy (non-hydrogen) atoms. The summed E-state index contributed by atoms with van der Waals surface area (Å²) in [7, 11) is 4.28. The fourth-order valence-corrected chi connectivity index (χ4v) is 1.88. The minimum Gasteiger partial charge on any atom is -0.325 e. The van der Waals surface area contributed by atoms with Crippen molar-refractivity contribution in [1.82, 2.24) is 19.2 Å². The summed E-state index contributed by atoms with van der Waals surface area (Å²) in [5.41, 5.74) is 2.36. The normalized spacial score (nSPS) is 26.9. The van der Waals surface area contributed by atoms with Crippen LogP contribution in [0.15, 0.2) is 24.4 Å². The van der Waals surface area contributed by atoms with Gasteiger partial charge in [-0.15, -0.1) is 0 Å². The van der Waals surface area contributed by atoms with Crippen LogP contribution in [0.5, 0.6) is 0 Å². The molecule has 0 spiro atoms. The van der Waals surface area contributed by atoms with E-state index in [9.17, 15) is 0 Å². The van der Waals surface area contributed by atoms with Gasteiger partial charge in [0, 0.05) is 7.05 Å². The number of hydrogen-bond donors (Lipinski definition) is 0. The van der Waals surface area contributed by atoms with Crippen LogP contribution in [0.1, 0.15) is 12.6 Å². The maximum Gasteiger partial charge on any atom is 0.181 e. The van der Waals surface area contributed by atoms with Crippen LogP contribution in [0.3, 0.4) is 0 Å². The Hall–Kier alpha value is -1.29. The van der Waals surface area contributed by atoms with E-state index in [4.69, 9.17) is 0 Å². The van der Waals surface area contributed by atoms with Crippen LogP contribution in [0.4, 0.5) is 0 Å². The van der Waals surface area contributed by atoms with E-state index < -0.39 is 0 Å². The molecule has 0 saturated heterocycles. The number of hydrogen-bond acceptors (Lipinski definition) is 2. The second-order valence-electron chi connectivity index (χ2n) is 4.22. The molecule has 0 N–H and O–H groups in total. The molecule has 1 aliphatic rings. The standard InChI is InChI=1S/C10H17N4/c1-9-5-13(7-11-9)14(4)6-10(2)12(3)8-14/h5-7H,8H2,1-4H3/q+1. The van der Waals surface area contributed by atoms with E-state index in [2.05, 4.69) is 48.0 Å². The van der Waals surface area contributed by atoms with E-state index in [0.717, 1.165) is 17.0 Å². The number of aryl methyl sites for hydroxylation is 1. The van der Waals surface area contributed by atoms with Gasteiger partial charge in [0.15, 0.2) is 6.67 Å². The maximum absolute atomic E-state index is 4.26. The lowest BCUT2D eigenvalue weighted by atomic mass is 10.5. The Morgan fingerprint density at radius 3 is 2.57 bits per heavy atom. The highest BCUT2D eigenvalue weighted by Crippen LogP contribution is 2.18. The average molecular weight is 193 g/mol. The summed E-state index contributed by atoms with van der Waals surface area (Å²) in [6.45, 7) is 5.11. The van der Waals surface area contributed by atoms with Gasteiger partial charge in [0.1, 0.15) is 12.5 Å². The SMILES string of the molecule is CC1=C[N+](C)(n2cnc(C)c2)CN1C. The second kappa shape index (κ2) is 2.85. The van der Waals surface area contributed by atoms with Crippen molar-refractivity contribution in [2.45, 2.75) is 13.8 Å². The lowest BCUT2D eigenvalue weighted by Crippen LogP contribution is -2.49. The lowest BCUT2D eigenvalue weighted by Gasteiger charge is -2.26. The largest absolute Gasteiger partial charge is 0.325 e. The Bertz CT molecular complexity index is 379. The van der Waals surface area contributed by atoms with E-state index in [-0.39, 0.29) is 0 Å². The lowest BCUT2D eigenvalue weighted by molar-refractivity contribution is 0.196. The summed E-state index contributed by atoms with van der Waals surface area (Å²) in [4.78, 5) is 6.50. The Balaban J connectivity index is 2.36. The minimum absolute atomic E-state index is 0.753. The molecule has 0 saturated carbocycles. The predicted molar refractivity (Wildman–Crippen MR) is 56.8 cm³/mol. The summed E-state index contributed by atoms with van der Waals surface area (Å²) in [5, 5.41) is 0. The van der Waals surface area contributed by atoms with E-state index in [1.54, 1.807) is 0 Å². The Labute approximate surface area is 84.6 Å². The van der Waals surface area contributed by atoms with Gasteiger partial charge in [-0.2, -0.15) is 9.27 Å². The molecule has 2 heterocycles. The monoisotopic (exact) mass is 193 g/mol. The number of aromatic nitrogens is 2. The van der Waals surface area contributed by atoms with E-state index in [1.807, 2.05) is 13.3 Å². The molecule has 0 aromatic carbocycles. The van der Waals surface area contributed by atoms with Crippen LogP contribution in [-0.4, -0.2) is 35.3 Å². The molecule has 1 aromatic rings. The molecule has 0 aliphatic carbocycles. The first-order valence-electron chi connectivity index (χ1n) is 4.78. The predicted octanol–water partition coefficient (Wildman–Crippen LogP) is 1.02. The van der Waals surface area contributed by atoms with Crippen molar-refractivity contribution in [3.05, 3.63) is 30.1 Å². The smallest absolute Gasteiger partial charge is 0.181 e. The molecule has 0 bridgehead atoms. The molecule has 76 valence electrons. The zero-order chi connectivity index (χ0) is 10.3. The van der Waals surface area contributed by atoms with Crippen molar-refractivity contribution in [3.8, 4) is 0 Å². The van der Waals surface area contributed by atoms with Gasteiger partial charge in [-0.05, 0) is 13.8 Å². The van der Waals surface area contributed by atoms with Crippen molar-refractivity contribution >= 4 is 0 Å². The van der Waals surface area contributed by atoms with Crippen molar-refractivity contribution in [1.29, 1.82) is 0 Å². The van der Waals surface area contributed by atoms with Gasteiger partial charge in [0.2, 0.25) is 0 Å². The summed E-state index contributed by atoms with van der Waals surface area (Å²) in [6.07, 6.45) is 6.20. The van der Waals surface area contributed by atoms with E-state index in [1.165, 1.54) is 5.70 Å². The highest BCUT2D eigenvalue weighted by atomic mass is 15.7. The average Bonchev–Trinajstić information content (AvgIpc) is 2.60. The molecule has 1 aromatic heterocycles. The molecular formula is C10H17N4+. The third-order valence-electron chi connectivity index (χ3n) is 2.79. The van der Waals surface area contributed by atoms with Crippen LogP contribution in [-0.2, 0) is 0 Å². The first-order chi connectivity index (χ1) is 6.51. The van der Waals surface area contributed by atoms with Crippen LogP contribution < -0.4 is 4.59 Å². The minimum atomic E-state index is 0.753. The van der Waals surface area contributed by atoms with Gasteiger partial charge < -0.3 is 4.90 Å². The Kier molecular flexibility index (Phi) is 1.89. The molecule has 0 radical (unpaired) electrons. The molecule has 2 rings (SSSR count). The highest BCUT2D eigenvalue weighted by Gasteiger charge is 2.31. The first-order valence-corrected chi connectivity index (χ1v) is 4.78. The third kappa shape index (κ3) is 1.32. The maximum atomic E-state index is 4.26. The van der Waals surface area contributed by atoms with Crippen LogP contribution >= 0.6 is 0 Å². The molecule has 1 unspecified atom stereocenters. The van der Waals surface area contributed by atoms with Gasteiger partial charge in [-0.25, -0.2) is 4.98 Å².